The highest BCUT2D eigenvalue weighted by Gasteiger charge is 2.15. The third-order valence-corrected chi connectivity index (χ3v) is 2.45. The van der Waals surface area contributed by atoms with Crippen LogP contribution >= 0.6 is 0 Å². The normalized spacial score (nSPS) is 11.8. The molecule has 2 aromatic rings. The topological polar surface area (TPSA) is 54.5 Å². The number of hydrogen-bond donors (Lipinski definition) is 1. The van der Waals surface area contributed by atoms with Gasteiger partial charge in [0.15, 0.2) is 5.82 Å². The Morgan fingerprint density at radius 2 is 1.75 bits per heavy atom. The summed E-state index contributed by atoms with van der Waals surface area (Å²) in [7, 11) is 0. The largest absolute Gasteiger partial charge is 0.282 e. The van der Waals surface area contributed by atoms with Crippen LogP contribution < -0.4 is 0 Å². The molecule has 0 fully saturated rings. The molecule has 0 radical (unpaired) electrons. The van der Waals surface area contributed by atoms with Gasteiger partial charge in [0.25, 0.3) is 0 Å². The maximum atomic E-state index is 4.34. The molecule has 2 aromatic heterocycles. The molecule has 84 valence electrons. The van der Waals surface area contributed by atoms with Crippen LogP contribution in [0.4, 0.5) is 0 Å². The van der Waals surface area contributed by atoms with Crippen molar-refractivity contribution >= 4 is 0 Å². The lowest BCUT2D eigenvalue weighted by atomic mass is 9.89. The van der Waals surface area contributed by atoms with E-state index in [-0.39, 0.29) is 5.41 Å². The number of H-pyrrole nitrogens is 1. The maximum absolute atomic E-state index is 4.34. The number of rotatable bonds is 1. The molecule has 0 aromatic carbocycles. The molecule has 0 atom stereocenters. The molecule has 4 nitrogen and oxygen atoms in total. The molecule has 0 aliphatic rings. The molecule has 0 aliphatic carbocycles. The minimum absolute atomic E-state index is 0.0834. The van der Waals surface area contributed by atoms with Crippen molar-refractivity contribution in [3.05, 3.63) is 29.7 Å². The summed E-state index contributed by atoms with van der Waals surface area (Å²) in [4.78, 5) is 8.67. The highest BCUT2D eigenvalue weighted by atomic mass is 15.1. The Bertz CT molecular complexity index is 476. The fourth-order valence-corrected chi connectivity index (χ4v) is 1.38. The van der Waals surface area contributed by atoms with Crippen LogP contribution in [-0.2, 0) is 5.41 Å². The smallest absolute Gasteiger partial charge is 0.180 e. The molecule has 0 unspecified atom stereocenters. The Morgan fingerprint density at radius 1 is 1.12 bits per heavy atom. The van der Waals surface area contributed by atoms with Gasteiger partial charge in [-0.15, -0.1) is 0 Å². The minimum atomic E-state index is 0.0834. The Morgan fingerprint density at radius 3 is 2.19 bits per heavy atom. The van der Waals surface area contributed by atoms with E-state index >= 15 is 0 Å². The van der Waals surface area contributed by atoms with Crippen LogP contribution in [0.3, 0.4) is 0 Å². The van der Waals surface area contributed by atoms with Crippen molar-refractivity contribution in [2.24, 2.45) is 0 Å². The van der Waals surface area contributed by atoms with Crippen LogP contribution in [0.25, 0.3) is 11.5 Å². The van der Waals surface area contributed by atoms with Crippen molar-refractivity contribution in [1.29, 1.82) is 0 Å². The molecular weight excluding hydrogens is 200 g/mol. The molecule has 2 heterocycles. The average Bonchev–Trinajstić information content (AvgIpc) is 2.64. The number of aryl methyl sites for hydroxylation is 1. The van der Waals surface area contributed by atoms with E-state index in [0.717, 1.165) is 17.0 Å². The highest BCUT2D eigenvalue weighted by molar-refractivity contribution is 5.48. The van der Waals surface area contributed by atoms with E-state index in [9.17, 15) is 0 Å². The van der Waals surface area contributed by atoms with Gasteiger partial charge in [0.1, 0.15) is 5.69 Å². The van der Waals surface area contributed by atoms with Crippen LogP contribution in [0, 0.1) is 6.92 Å². The van der Waals surface area contributed by atoms with Crippen molar-refractivity contribution in [2.75, 3.05) is 0 Å². The Kier molecular flexibility index (Phi) is 2.50. The van der Waals surface area contributed by atoms with Crippen molar-refractivity contribution < 1.29 is 0 Å². The van der Waals surface area contributed by atoms with Gasteiger partial charge in [0, 0.05) is 18.1 Å². The number of nitrogens with one attached hydrogen (secondary N) is 1. The minimum Gasteiger partial charge on any atom is -0.282 e. The zero-order valence-corrected chi connectivity index (χ0v) is 10.1. The first-order valence-electron chi connectivity index (χ1n) is 5.32. The number of nitrogens with zero attached hydrogens (tertiary/aromatic N) is 3. The third kappa shape index (κ3) is 2.10. The van der Waals surface area contributed by atoms with Gasteiger partial charge in [0.05, 0.1) is 0 Å². The van der Waals surface area contributed by atoms with Gasteiger partial charge in [-0.25, -0.2) is 9.97 Å². The second-order valence-electron chi connectivity index (χ2n) is 4.98. The van der Waals surface area contributed by atoms with Crippen LogP contribution in [0.1, 0.15) is 32.0 Å². The fraction of sp³-hybridized carbons (Fsp3) is 0.417. The molecule has 0 spiro atoms. The van der Waals surface area contributed by atoms with Crippen molar-refractivity contribution in [3.8, 4) is 11.5 Å². The highest BCUT2D eigenvalue weighted by Crippen LogP contribution is 2.21. The van der Waals surface area contributed by atoms with Crippen LogP contribution in [0.15, 0.2) is 18.5 Å². The van der Waals surface area contributed by atoms with Gasteiger partial charge in [-0.1, -0.05) is 20.8 Å². The second kappa shape index (κ2) is 3.70. The van der Waals surface area contributed by atoms with Crippen molar-refractivity contribution in [3.63, 3.8) is 0 Å². The summed E-state index contributed by atoms with van der Waals surface area (Å²) in [6, 6.07) is 1.94. The molecule has 0 aliphatic heterocycles. The molecule has 1 N–H and O–H groups in total. The molecule has 16 heavy (non-hydrogen) atoms. The van der Waals surface area contributed by atoms with Crippen molar-refractivity contribution in [2.45, 2.75) is 33.1 Å². The number of aromatic amines is 1. The summed E-state index contributed by atoms with van der Waals surface area (Å²) < 4.78 is 0. The molecule has 4 heteroatoms. The fourth-order valence-electron chi connectivity index (χ4n) is 1.38. The number of hydrogen-bond acceptors (Lipinski definition) is 3. The van der Waals surface area contributed by atoms with E-state index < -0.39 is 0 Å². The van der Waals surface area contributed by atoms with E-state index in [0.29, 0.717) is 5.82 Å². The van der Waals surface area contributed by atoms with E-state index in [1.165, 1.54) is 0 Å². The first-order chi connectivity index (χ1) is 7.47. The standard InChI is InChI=1S/C12H16N4/c1-8-5-10(16-15-8)11-13-6-9(7-14-11)12(2,3)4/h5-7H,1-4H3,(H,15,16). The lowest BCUT2D eigenvalue weighted by Gasteiger charge is -2.17. The predicted molar refractivity (Wildman–Crippen MR) is 63.1 cm³/mol. The zero-order chi connectivity index (χ0) is 11.8. The summed E-state index contributed by atoms with van der Waals surface area (Å²) in [5.41, 5.74) is 3.01. The lowest BCUT2D eigenvalue weighted by Crippen LogP contribution is -2.12. The van der Waals surface area contributed by atoms with Gasteiger partial charge in [-0.05, 0) is 24.0 Å². The van der Waals surface area contributed by atoms with Gasteiger partial charge in [-0.3, -0.25) is 5.10 Å². The number of aromatic nitrogens is 4. The third-order valence-electron chi connectivity index (χ3n) is 2.45. The SMILES string of the molecule is Cc1cc(-c2ncc(C(C)(C)C)cn2)n[nH]1. The van der Waals surface area contributed by atoms with Gasteiger partial charge in [-0.2, -0.15) is 5.10 Å². The Labute approximate surface area is 95.1 Å². The molecule has 0 bridgehead atoms. The summed E-state index contributed by atoms with van der Waals surface area (Å²) >= 11 is 0. The summed E-state index contributed by atoms with van der Waals surface area (Å²) in [5, 5.41) is 7.01. The molecule has 0 saturated heterocycles. The van der Waals surface area contributed by atoms with E-state index in [2.05, 4.69) is 40.9 Å². The first-order valence-corrected chi connectivity index (χ1v) is 5.32. The van der Waals surface area contributed by atoms with Crippen LogP contribution in [-0.4, -0.2) is 20.2 Å². The van der Waals surface area contributed by atoms with Gasteiger partial charge < -0.3 is 0 Å². The summed E-state index contributed by atoms with van der Waals surface area (Å²) in [5.74, 6) is 0.664. The Hall–Kier alpha value is -1.71. The predicted octanol–water partition coefficient (Wildman–Crippen LogP) is 2.47. The van der Waals surface area contributed by atoms with E-state index in [1.807, 2.05) is 25.4 Å². The second-order valence-corrected chi connectivity index (χ2v) is 4.98. The van der Waals surface area contributed by atoms with E-state index in [1.54, 1.807) is 0 Å². The van der Waals surface area contributed by atoms with Crippen molar-refractivity contribution in [1.82, 2.24) is 20.2 Å². The average molecular weight is 216 g/mol. The van der Waals surface area contributed by atoms with Crippen LogP contribution in [0.2, 0.25) is 0 Å². The quantitative estimate of drug-likeness (QED) is 0.796. The first kappa shape index (κ1) is 10.8. The van der Waals surface area contributed by atoms with E-state index in [4.69, 9.17) is 0 Å². The van der Waals surface area contributed by atoms with Gasteiger partial charge >= 0.3 is 0 Å². The maximum Gasteiger partial charge on any atom is 0.180 e. The Balaban J connectivity index is 2.33. The summed E-state index contributed by atoms with van der Waals surface area (Å²) in [6.07, 6.45) is 3.73. The molecule has 2 rings (SSSR count). The molecular formula is C12H16N4. The molecule has 0 saturated carbocycles. The van der Waals surface area contributed by atoms with Gasteiger partial charge in [0.2, 0.25) is 0 Å². The van der Waals surface area contributed by atoms with Crippen LogP contribution in [0.5, 0.6) is 0 Å². The zero-order valence-electron chi connectivity index (χ0n) is 10.1. The lowest BCUT2D eigenvalue weighted by molar-refractivity contribution is 0.584. The summed E-state index contributed by atoms with van der Waals surface area (Å²) in [6.45, 7) is 8.39. The monoisotopic (exact) mass is 216 g/mol. The molecule has 0 amide bonds.